The molecule has 1 atom stereocenters. The Bertz CT molecular complexity index is 975. The van der Waals surface area contributed by atoms with Gasteiger partial charge in [-0.25, -0.2) is 0 Å². The molecule has 202 valence electrons. The molecular formula is C31H44N2O4. The Hall–Kier alpha value is -3.15. The van der Waals surface area contributed by atoms with Gasteiger partial charge >= 0.3 is 0 Å². The van der Waals surface area contributed by atoms with E-state index in [9.17, 15) is 14.4 Å². The zero-order chi connectivity index (χ0) is 27.3. The Labute approximate surface area is 222 Å². The van der Waals surface area contributed by atoms with Crippen LogP contribution in [0.15, 0.2) is 54.6 Å². The molecule has 2 aromatic rings. The first-order chi connectivity index (χ1) is 17.5. The topological polar surface area (TPSA) is 98.5 Å². The second-order valence-electron chi connectivity index (χ2n) is 11.3. The standard InChI is InChI=1S/C23H35NO3.C8H9NO/c1-17(25)21(24-22(26)15-23(2,3)4)14-18-10-12-20(13-11-18)27-16-19-8-6-5-7-9-19;9-8(10)6-7-4-2-1-3-5-7/h10-13,19,21H,5-9,14-16H2,1-4H3,(H,24,26);1-5H,6H2,(H2,9,10)/t21-;/m0./s1. The Morgan fingerprint density at radius 1 is 0.946 bits per heavy atom. The van der Waals surface area contributed by atoms with Crippen LogP contribution in [0.2, 0.25) is 0 Å². The van der Waals surface area contributed by atoms with Crippen molar-refractivity contribution in [2.24, 2.45) is 17.1 Å². The van der Waals surface area contributed by atoms with Crippen molar-refractivity contribution >= 4 is 17.6 Å². The van der Waals surface area contributed by atoms with Crippen molar-refractivity contribution in [2.45, 2.75) is 85.1 Å². The summed E-state index contributed by atoms with van der Waals surface area (Å²) in [5, 5.41) is 2.88. The first kappa shape index (κ1) is 30.1. The van der Waals surface area contributed by atoms with E-state index in [1.165, 1.54) is 39.0 Å². The second kappa shape index (κ2) is 15.2. The van der Waals surface area contributed by atoms with Gasteiger partial charge in [0.25, 0.3) is 0 Å². The molecule has 37 heavy (non-hydrogen) atoms. The van der Waals surface area contributed by atoms with Crippen molar-refractivity contribution < 1.29 is 19.1 Å². The number of carbonyl (C=O) groups is 3. The number of rotatable bonds is 10. The van der Waals surface area contributed by atoms with Gasteiger partial charge in [0.2, 0.25) is 11.8 Å². The van der Waals surface area contributed by atoms with Crippen molar-refractivity contribution in [3.8, 4) is 5.75 Å². The molecule has 0 spiro atoms. The predicted molar refractivity (Wildman–Crippen MR) is 148 cm³/mol. The average Bonchev–Trinajstić information content (AvgIpc) is 2.83. The van der Waals surface area contributed by atoms with Crippen LogP contribution in [-0.2, 0) is 27.2 Å². The third-order valence-electron chi connectivity index (χ3n) is 6.31. The Morgan fingerprint density at radius 2 is 1.57 bits per heavy atom. The lowest BCUT2D eigenvalue weighted by atomic mass is 9.90. The lowest BCUT2D eigenvalue weighted by Gasteiger charge is -2.22. The third kappa shape index (κ3) is 13.1. The number of nitrogens with one attached hydrogen (secondary N) is 1. The van der Waals surface area contributed by atoms with Crippen LogP contribution in [0.1, 0.15) is 77.3 Å². The summed E-state index contributed by atoms with van der Waals surface area (Å²) >= 11 is 0. The lowest BCUT2D eigenvalue weighted by Crippen LogP contribution is -2.42. The number of carbonyl (C=O) groups excluding carboxylic acids is 3. The fourth-order valence-electron chi connectivity index (χ4n) is 4.35. The summed E-state index contributed by atoms with van der Waals surface area (Å²) in [6, 6.07) is 16.9. The van der Waals surface area contributed by atoms with Gasteiger partial charge in [-0.05, 0) is 60.8 Å². The normalized spacial score (nSPS) is 14.6. The summed E-state index contributed by atoms with van der Waals surface area (Å²) in [4.78, 5) is 34.5. The molecule has 6 heteroatoms. The van der Waals surface area contributed by atoms with Crippen molar-refractivity contribution in [3.05, 3.63) is 65.7 Å². The van der Waals surface area contributed by atoms with E-state index in [1.807, 2.05) is 75.4 Å². The highest BCUT2D eigenvalue weighted by Gasteiger charge is 2.22. The summed E-state index contributed by atoms with van der Waals surface area (Å²) < 4.78 is 5.94. The molecule has 0 radical (unpaired) electrons. The molecule has 1 aliphatic carbocycles. The molecular weight excluding hydrogens is 464 g/mol. The summed E-state index contributed by atoms with van der Waals surface area (Å²) in [6.45, 7) is 8.37. The van der Waals surface area contributed by atoms with E-state index in [1.54, 1.807) is 0 Å². The molecule has 0 aromatic heterocycles. The molecule has 0 bridgehead atoms. The minimum atomic E-state index is -0.478. The number of ether oxygens (including phenoxy) is 1. The molecule has 2 aromatic carbocycles. The minimum absolute atomic E-state index is 0.0186. The van der Waals surface area contributed by atoms with Gasteiger partial charge in [0.15, 0.2) is 5.78 Å². The van der Waals surface area contributed by atoms with Crippen molar-refractivity contribution in [3.63, 3.8) is 0 Å². The van der Waals surface area contributed by atoms with Gasteiger partial charge in [-0.15, -0.1) is 0 Å². The van der Waals surface area contributed by atoms with Gasteiger partial charge in [-0.3, -0.25) is 14.4 Å². The van der Waals surface area contributed by atoms with E-state index in [0.717, 1.165) is 23.5 Å². The number of hydrogen-bond acceptors (Lipinski definition) is 4. The lowest BCUT2D eigenvalue weighted by molar-refractivity contribution is -0.128. The van der Waals surface area contributed by atoms with Crippen LogP contribution >= 0.6 is 0 Å². The van der Waals surface area contributed by atoms with E-state index >= 15 is 0 Å². The highest BCUT2D eigenvalue weighted by molar-refractivity contribution is 5.87. The first-order valence-electron chi connectivity index (χ1n) is 13.4. The fraction of sp³-hybridized carbons (Fsp3) is 0.516. The summed E-state index contributed by atoms with van der Waals surface area (Å²) in [5.41, 5.74) is 6.88. The van der Waals surface area contributed by atoms with Crippen LogP contribution in [0, 0.1) is 11.3 Å². The van der Waals surface area contributed by atoms with Gasteiger partial charge in [0.1, 0.15) is 5.75 Å². The third-order valence-corrected chi connectivity index (χ3v) is 6.31. The van der Waals surface area contributed by atoms with Crippen molar-refractivity contribution in [1.29, 1.82) is 0 Å². The molecule has 0 unspecified atom stereocenters. The molecule has 6 nitrogen and oxygen atoms in total. The average molecular weight is 509 g/mol. The van der Waals surface area contributed by atoms with E-state index in [0.29, 0.717) is 25.2 Å². The van der Waals surface area contributed by atoms with E-state index < -0.39 is 6.04 Å². The van der Waals surface area contributed by atoms with Crippen LogP contribution in [0.5, 0.6) is 5.75 Å². The molecule has 0 aliphatic heterocycles. The monoisotopic (exact) mass is 508 g/mol. The predicted octanol–water partition coefficient (Wildman–Crippen LogP) is 5.41. The molecule has 1 aliphatic rings. The largest absolute Gasteiger partial charge is 0.493 e. The summed E-state index contributed by atoms with van der Waals surface area (Å²) in [6.07, 6.45) is 7.79. The zero-order valence-electron chi connectivity index (χ0n) is 22.9. The minimum Gasteiger partial charge on any atom is -0.493 e. The van der Waals surface area contributed by atoms with Gasteiger partial charge in [-0.1, -0.05) is 82.5 Å². The van der Waals surface area contributed by atoms with Crippen LogP contribution < -0.4 is 15.8 Å². The SMILES string of the molecule is CC(=O)[C@H](Cc1ccc(OCC2CCCCC2)cc1)NC(=O)CC(C)(C)C.NC(=O)Cc1ccccc1. The molecule has 3 N–H and O–H groups in total. The maximum absolute atomic E-state index is 12.2. The van der Waals surface area contributed by atoms with Gasteiger partial charge in [-0.2, -0.15) is 0 Å². The molecule has 0 saturated heterocycles. The van der Waals surface area contributed by atoms with Gasteiger partial charge in [0.05, 0.1) is 19.1 Å². The van der Waals surface area contributed by atoms with Crippen LogP contribution in [0.3, 0.4) is 0 Å². The number of primary amides is 1. The molecule has 3 rings (SSSR count). The number of Topliss-reactive ketones (excluding diaryl/α,β-unsaturated/α-hetero) is 1. The Morgan fingerprint density at radius 3 is 2.11 bits per heavy atom. The van der Waals surface area contributed by atoms with E-state index in [-0.39, 0.29) is 23.0 Å². The van der Waals surface area contributed by atoms with Gasteiger partial charge < -0.3 is 15.8 Å². The van der Waals surface area contributed by atoms with Crippen molar-refractivity contribution in [2.75, 3.05) is 6.61 Å². The van der Waals surface area contributed by atoms with Crippen LogP contribution in [-0.4, -0.2) is 30.2 Å². The Balaban J connectivity index is 0.000000402. The molecule has 2 amide bonds. The summed E-state index contributed by atoms with van der Waals surface area (Å²) in [5.74, 6) is 1.18. The van der Waals surface area contributed by atoms with Crippen LogP contribution in [0.25, 0.3) is 0 Å². The smallest absolute Gasteiger partial charge is 0.221 e. The quantitative estimate of drug-likeness (QED) is 0.448. The fourth-order valence-corrected chi connectivity index (χ4v) is 4.35. The maximum atomic E-state index is 12.2. The molecule has 1 fully saturated rings. The van der Waals surface area contributed by atoms with Gasteiger partial charge in [0, 0.05) is 6.42 Å². The molecule has 1 saturated carbocycles. The summed E-state index contributed by atoms with van der Waals surface area (Å²) in [7, 11) is 0. The maximum Gasteiger partial charge on any atom is 0.221 e. The molecule has 0 heterocycles. The first-order valence-corrected chi connectivity index (χ1v) is 13.4. The number of nitrogens with two attached hydrogens (primary N) is 1. The van der Waals surface area contributed by atoms with E-state index in [4.69, 9.17) is 10.5 Å². The number of hydrogen-bond donors (Lipinski definition) is 2. The number of ketones is 1. The van der Waals surface area contributed by atoms with Crippen molar-refractivity contribution in [1.82, 2.24) is 5.32 Å². The number of amides is 2. The van der Waals surface area contributed by atoms with E-state index in [2.05, 4.69) is 5.32 Å². The Kier molecular flexibility index (Phi) is 12.3. The highest BCUT2D eigenvalue weighted by Crippen LogP contribution is 2.25. The zero-order valence-corrected chi connectivity index (χ0v) is 22.9. The van der Waals surface area contributed by atoms with Crippen LogP contribution in [0.4, 0.5) is 0 Å². The highest BCUT2D eigenvalue weighted by atomic mass is 16.5. The number of benzene rings is 2. The second-order valence-corrected chi connectivity index (χ2v) is 11.3.